The third-order valence-corrected chi connectivity index (χ3v) is 3.64. The number of Topliss-reactive ketones (excluding diaryl/α,β-unsaturated/α-hetero) is 1. The molecule has 0 radical (unpaired) electrons. The fraction of sp³-hybridized carbons (Fsp3) is 0.333. The highest BCUT2D eigenvalue weighted by molar-refractivity contribution is 6.43. The lowest BCUT2D eigenvalue weighted by Gasteiger charge is -2.26. The lowest BCUT2D eigenvalue weighted by molar-refractivity contribution is -0.130. The number of ketones is 1. The van der Waals surface area contributed by atoms with Crippen LogP contribution in [0, 0.1) is 0 Å². The van der Waals surface area contributed by atoms with Gasteiger partial charge in [0.1, 0.15) is 0 Å². The molecule has 5 heteroatoms. The second kappa shape index (κ2) is 5.09. The zero-order valence-electron chi connectivity index (χ0n) is 11.3. The predicted octanol–water partition coefficient (Wildman–Crippen LogP) is 1.22. The van der Waals surface area contributed by atoms with E-state index in [1.165, 1.54) is 0 Å². The van der Waals surface area contributed by atoms with Crippen molar-refractivity contribution < 1.29 is 14.3 Å². The van der Waals surface area contributed by atoms with Gasteiger partial charge in [0, 0.05) is 42.8 Å². The third kappa shape index (κ3) is 2.20. The van der Waals surface area contributed by atoms with Gasteiger partial charge in [0.25, 0.3) is 5.91 Å². The van der Waals surface area contributed by atoms with Crippen molar-refractivity contribution in [3.63, 3.8) is 0 Å². The number of morpholine rings is 1. The molecular weight excluding hydrogens is 256 g/mol. The Labute approximate surface area is 116 Å². The van der Waals surface area contributed by atoms with E-state index in [0.29, 0.717) is 31.9 Å². The van der Waals surface area contributed by atoms with Crippen LogP contribution in [0.4, 0.5) is 0 Å². The maximum absolute atomic E-state index is 12.3. The molecule has 0 atom stereocenters. The summed E-state index contributed by atoms with van der Waals surface area (Å²) in [4.78, 5) is 26.0. The van der Waals surface area contributed by atoms with Crippen LogP contribution in [-0.2, 0) is 16.6 Å². The zero-order valence-corrected chi connectivity index (χ0v) is 11.3. The molecule has 104 valence electrons. The van der Waals surface area contributed by atoms with Gasteiger partial charge in [0.15, 0.2) is 0 Å². The largest absolute Gasteiger partial charge is 0.378 e. The summed E-state index contributed by atoms with van der Waals surface area (Å²) < 4.78 is 7.17. The Balaban J connectivity index is 1.85. The van der Waals surface area contributed by atoms with Crippen molar-refractivity contribution >= 4 is 22.6 Å². The number of nitrogens with zero attached hydrogens (tertiary/aromatic N) is 2. The molecule has 1 amide bonds. The van der Waals surface area contributed by atoms with Gasteiger partial charge in [-0.1, -0.05) is 0 Å². The Morgan fingerprint density at radius 3 is 2.65 bits per heavy atom. The SMILES string of the molecule is Cn1ccc2cc(C(=O)C(=O)N3CCOCC3)ccc21. The first-order chi connectivity index (χ1) is 9.66. The standard InChI is InChI=1S/C15H16N2O3/c1-16-5-4-11-10-12(2-3-13(11)16)14(18)15(19)17-6-8-20-9-7-17/h2-5,10H,6-9H2,1H3. The smallest absolute Gasteiger partial charge is 0.295 e. The number of benzene rings is 1. The number of carbonyl (C=O) groups excluding carboxylic acids is 2. The quantitative estimate of drug-likeness (QED) is 0.610. The number of amides is 1. The third-order valence-electron chi connectivity index (χ3n) is 3.64. The Hall–Kier alpha value is -2.14. The molecule has 20 heavy (non-hydrogen) atoms. The molecule has 0 N–H and O–H groups in total. The van der Waals surface area contributed by atoms with Gasteiger partial charge in [-0.2, -0.15) is 0 Å². The molecule has 3 rings (SSSR count). The van der Waals surface area contributed by atoms with Gasteiger partial charge in [0.05, 0.1) is 13.2 Å². The minimum atomic E-state index is -0.447. The first-order valence-electron chi connectivity index (χ1n) is 6.63. The van der Waals surface area contributed by atoms with Crippen molar-refractivity contribution in [2.45, 2.75) is 0 Å². The van der Waals surface area contributed by atoms with E-state index in [-0.39, 0.29) is 0 Å². The molecule has 2 aromatic rings. The lowest BCUT2D eigenvalue weighted by Crippen LogP contribution is -2.44. The van der Waals surface area contributed by atoms with Crippen LogP contribution in [0.25, 0.3) is 10.9 Å². The minimum absolute atomic E-state index is 0.441. The van der Waals surface area contributed by atoms with Gasteiger partial charge in [-0.05, 0) is 24.3 Å². The normalized spacial score (nSPS) is 15.6. The van der Waals surface area contributed by atoms with Crippen molar-refractivity contribution in [3.05, 3.63) is 36.0 Å². The van der Waals surface area contributed by atoms with Crippen LogP contribution in [0.15, 0.2) is 30.5 Å². The molecule has 0 saturated carbocycles. The van der Waals surface area contributed by atoms with E-state index in [1.807, 2.05) is 29.9 Å². The topological polar surface area (TPSA) is 51.5 Å². The van der Waals surface area contributed by atoms with Gasteiger partial charge < -0.3 is 14.2 Å². The molecule has 0 unspecified atom stereocenters. The molecule has 2 heterocycles. The van der Waals surface area contributed by atoms with Crippen molar-refractivity contribution in [1.82, 2.24) is 9.47 Å². The maximum Gasteiger partial charge on any atom is 0.295 e. The van der Waals surface area contributed by atoms with Crippen LogP contribution in [0.5, 0.6) is 0 Å². The summed E-state index contributed by atoms with van der Waals surface area (Å²) in [6, 6.07) is 7.29. The fourth-order valence-electron chi connectivity index (χ4n) is 2.46. The van der Waals surface area contributed by atoms with Crippen LogP contribution < -0.4 is 0 Å². The lowest BCUT2D eigenvalue weighted by atomic mass is 10.1. The van der Waals surface area contributed by atoms with Gasteiger partial charge in [-0.25, -0.2) is 0 Å². The van der Waals surface area contributed by atoms with Crippen molar-refractivity contribution in [2.24, 2.45) is 7.05 Å². The highest BCUT2D eigenvalue weighted by Crippen LogP contribution is 2.17. The minimum Gasteiger partial charge on any atom is -0.378 e. The number of rotatable bonds is 2. The zero-order chi connectivity index (χ0) is 14.1. The van der Waals surface area contributed by atoms with Gasteiger partial charge >= 0.3 is 0 Å². The number of hydrogen-bond donors (Lipinski definition) is 0. The number of aryl methyl sites for hydroxylation is 1. The van der Waals surface area contributed by atoms with E-state index in [0.717, 1.165) is 10.9 Å². The van der Waals surface area contributed by atoms with E-state index >= 15 is 0 Å². The van der Waals surface area contributed by atoms with Crippen molar-refractivity contribution in [1.29, 1.82) is 0 Å². The molecule has 1 fully saturated rings. The second-order valence-electron chi connectivity index (χ2n) is 4.93. The summed E-state index contributed by atoms with van der Waals surface area (Å²) >= 11 is 0. The molecule has 1 saturated heterocycles. The summed E-state index contributed by atoms with van der Waals surface area (Å²) in [6.07, 6.45) is 1.93. The molecule has 1 aliphatic rings. The van der Waals surface area contributed by atoms with Gasteiger partial charge in [-0.15, -0.1) is 0 Å². The molecule has 5 nitrogen and oxygen atoms in total. The first-order valence-corrected chi connectivity index (χ1v) is 6.63. The molecule has 1 aromatic heterocycles. The molecule has 1 aliphatic heterocycles. The van der Waals surface area contributed by atoms with E-state index in [4.69, 9.17) is 4.74 Å². The Morgan fingerprint density at radius 2 is 1.90 bits per heavy atom. The van der Waals surface area contributed by atoms with Crippen LogP contribution in [0.3, 0.4) is 0 Å². The van der Waals surface area contributed by atoms with E-state index < -0.39 is 11.7 Å². The Bertz CT molecular complexity index is 669. The molecule has 0 aliphatic carbocycles. The maximum atomic E-state index is 12.3. The highest BCUT2D eigenvalue weighted by Gasteiger charge is 2.24. The molecule has 0 spiro atoms. The Morgan fingerprint density at radius 1 is 1.15 bits per heavy atom. The fourth-order valence-corrected chi connectivity index (χ4v) is 2.46. The predicted molar refractivity (Wildman–Crippen MR) is 74.6 cm³/mol. The van der Waals surface area contributed by atoms with Crippen molar-refractivity contribution in [3.8, 4) is 0 Å². The summed E-state index contributed by atoms with van der Waals surface area (Å²) in [6.45, 7) is 1.96. The summed E-state index contributed by atoms with van der Waals surface area (Å²) in [5, 5.41) is 0.966. The van der Waals surface area contributed by atoms with Gasteiger partial charge in [0.2, 0.25) is 5.78 Å². The van der Waals surface area contributed by atoms with Gasteiger partial charge in [-0.3, -0.25) is 9.59 Å². The monoisotopic (exact) mass is 272 g/mol. The van der Waals surface area contributed by atoms with E-state index in [2.05, 4.69) is 0 Å². The number of aromatic nitrogens is 1. The Kier molecular flexibility index (Phi) is 3.28. The highest BCUT2D eigenvalue weighted by atomic mass is 16.5. The number of carbonyl (C=O) groups is 2. The van der Waals surface area contributed by atoms with Crippen LogP contribution in [-0.4, -0.2) is 47.5 Å². The average Bonchev–Trinajstić information content (AvgIpc) is 2.87. The van der Waals surface area contributed by atoms with Crippen molar-refractivity contribution in [2.75, 3.05) is 26.3 Å². The summed E-state index contributed by atoms with van der Waals surface area (Å²) in [7, 11) is 1.95. The first kappa shape index (κ1) is 12.9. The second-order valence-corrected chi connectivity index (χ2v) is 4.93. The summed E-state index contributed by atoms with van der Waals surface area (Å²) in [5.41, 5.74) is 1.49. The molecule has 1 aromatic carbocycles. The summed E-state index contributed by atoms with van der Waals surface area (Å²) in [5.74, 6) is -0.888. The molecule has 0 bridgehead atoms. The number of fused-ring (bicyclic) bond motifs is 1. The van der Waals surface area contributed by atoms with Crippen LogP contribution in [0.1, 0.15) is 10.4 Å². The van der Waals surface area contributed by atoms with Crippen LogP contribution >= 0.6 is 0 Å². The average molecular weight is 272 g/mol. The molecular formula is C15H16N2O3. The van der Waals surface area contributed by atoms with E-state index in [1.54, 1.807) is 17.0 Å². The van der Waals surface area contributed by atoms with Crippen LogP contribution in [0.2, 0.25) is 0 Å². The number of ether oxygens (including phenoxy) is 1. The van der Waals surface area contributed by atoms with E-state index in [9.17, 15) is 9.59 Å². The number of hydrogen-bond acceptors (Lipinski definition) is 3.